The van der Waals surface area contributed by atoms with Crippen molar-refractivity contribution in [2.45, 2.75) is 39.0 Å². The Morgan fingerprint density at radius 2 is 2.00 bits per heavy atom. The first-order valence-corrected chi connectivity index (χ1v) is 8.29. The summed E-state index contributed by atoms with van der Waals surface area (Å²) in [6.45, 7) is 4.77. The molecule has 1 heterocycles. The first-order valence-electron chi connectivity index (χ1n) is 8.29. The molecule has 0 radical (unpaired) electrons. The van der Waals surface area contributed by atoms with Crippen molar-refractivity contribution in [3.63, 3.8) is 0 Å². The van der Waals surface area contributed by atoms with Gasteiger partial charge >= 0.3 is 0 Å². The largest absolute Gasteiger partial charge is 0.370 e. The molecule has 0 bridgehead atoms. The molecule has 122 valence electrons. The van der Waals surface area contributed by atoms with Gasteiger partial charge in [-0.15, -0.1) is 0 Å². The molecule has 0 atom stereocenters. The summed E-state index contributed by atoms with van der Waals surface area (Å²) in [5.74, 6) is 1.62. The number of aromatic nitrogens is 2. The van der Waals surface area contributed by atoms with Gasteiger partial charge in [0, 0.05) is 31.4 Å². The molecule has 0 saturated heterocycles. The molecule has 0 saturated carbocycles. The zero-order valence-electron chi connectivity index (χ0n) is 14.2. The van der Waals surface area contributed by atoms with E-state index >= 15 is 0 Å². The summed E-state index contributed by atoms with van der Waals surface area (Å²) in [6.07, 6.45) is 8.74. The molecular weight excluding hydrogens is 274 g/mol. The third-order valence-corrected chi connectivity index (χ3v) is 3.83. The number of allylic oxidation sites excluding steroid dienone is 1. The molecule has 2 N–H and O–H groups in total. The van der Waals surface area contributed by atoms with E-state index in [2.05, 4.69) is 45.7 Å². The van der Waals surface area contributed by atoms with E-state index < -0.39 is 0 Å². The Bertz CT molecular complexity index is 496. The van der Waals surface area contributed by atoms with Gasteiger partial charge in [0.05, 0.1) is 0 Å². The first-order chi connectivity index (χ1) is 10.6. The summed E-state index contributed by atoms with van der Waals surface area (Å²) in [4.78, 5) is 11.1. The van der Waals surface area contributed by atoms with Gasteiger partial charge in [-0.3, -0.25) is 0 Å². The SMILES string of the molecule is Cc1cc(NCCC2=CCCCC2)nc(NCCN(C)C)n1. The molecule has 0 aromatic carbocycles. The molecule has 0 aliphatic heterocycles. The normalized spacial score (nSPS) is 14.8. The molecule has 22 heavy (non-hydrogen) atoms. The van der Waals surface area contributed by atoms with Gasteiger partial charge in [-0.05, 0) is 53.1 Å². The van der Waals surface area contributed by atoms with Gasteiger partial charge in [0.1, 0.15) is 5.82 Å². The second-order valence-electron chi connectivity index (χ2n) is 6.23. The van der Waals surface area contributed by atoms with Gasteiger partial charge in [0.15, 0.2) is 0 Å². The van der Waals surface area contributed by atoms with Crippen molar-refractivity contribution in [3.8, 4) is 0 Å². The summed E-state index contributed by atoms with van der Waals surface area (Å²) in [7, 11) is 4.12. The molecule has 1 aliphatic rings. The Kier molecular flexibility index (Phi) is 6.65. The maximum absolute atomic E-state index is 4.54. The highest BCUT2D eigenvalue weighted by Crippen LogP contribution is 2.20. The molecule has 0 unspecified atom stereocenters. The van der Waals surface area contributed by atoms with E-state index in [0.717, 1.165) is 37.6 Å². The van der Waals surface area contributed by atoms with Gasteiger partial charge < -0.3 is 15.5 Å². The molecule has 5 heteroatoms. The Balaban J connectivity index is 1.82. The second kappa shape index (κ2) is 8.73. The van der Waals surface area contributed by atoms with Crippen LogP contribution >= 0.6 is 0 Å². The van der Waals surface area contributed by atoms with Crippen LogP contribution in [0.5, 0.6) is 0 Å². The Hall–Kier alpha value is -1.62. The lowest BCUT2D eigenvalue weighted by molar-refractivity contribution is 0.425. The van der Waals surface area contributed by atoms with E-state index in [-0.39, 0.29) is 0 Å². The number of nitrogens with zero attached hydrogens (tertiary/aromatic N) is 3. The van der Waals surface area contributed by atoms with Gasteiger partial charge in [0.2, 0.25) is 5.95 Å². The molecule has 0 fully saturated rings. The van der Waals surface area contributed by atoms with E-state index in [1.807, 2.05) is 13.0 Å². The molecular formula is C17H29N5. The number of anilines is 2. The molecule has 5 nitrogen and oxygen atoms in total. The van der Waals surface area contributed by atoms with Crippen LogP contribution in [0.3, 0.4) is 0 Å². The number of hydrogen-bond acceptors (Lipinski definition) is 5. The molecule has 0 spiro atoms. The lowest BCUT2D eigenvalue weighted by Crippen LogP contribution is -2.21. The lowest BCUT2D eigenvalue weighted by Gasteiger charge is -2.14. The zero-order valence-corrected chi connectivity index (χ0v) is 14.2. The van der Waals surface area contributed by atoms with Crippen molar-refractivity contribution in [3.05, 3.63) is 23.4 Å². The fraction of sp³-hybridized carbons (Fsp3) is 0.647. The van der Waals surface area contributed by atoms with Crippen molar-refractivity contribution in [2.24, 2.45) is 0 Å². The third kappa shape index (κ3) is 6.02. The van der Waals surface area contributed by atoms with Crippen molar-refractivity contribution < 1.29 is 0 Å². The summed E-state index contributed by atoms with van der Waals surface area (Å²) in [5.41, 5.74) is 2.58. The highest BCUT2D eigenvalue weighted by molar-refractivity contribution is 5.42. The van der Waals surface area contributed by atoms with Gasteiger partial charge in [-0.2, -0.15) is 4.98 Å². The quantitative estimate of drug-likeness (QED) is 0.723. The first kappa shape index (κ1) is 16.7. The van der Waals surface area contributed by atoms with Crippen LogP contribution in [-0.4, -0.2) is 48.6 Å². The van der Waals surface area contributed by atoms with E-state index in [1.165, 1.54) is 25.7 Å². The van der Waals surface area contributed by atoms with Gasteiger partial charge in [-0.25, -0.2) is 4.98 Å². The number of rotatable bonds is 8. The molecule has 0 amide bonds. The minimum Gasteiger partial charge on any atom is -0.370 e. The average Bonchev–Trinajstić information content (AvgIpc) is 2.47. The smallest absolute Gasteiger partial charge is 0.224 e. The van der Waals surface area contributed by atoms with E-state index in [0.29, 0.717) is 5.95 Å². The van der Waals surface area contributed by atoms with Crippen LogP contribution in [0.15, 0.2) is 17.7 Å². The van der Waals surface area contributed by atoms with Crippen LogP contribution in [0, 0.1) is 6.92 Å². The maximum atomic E-state index is 4.54. The highest BCUT2D eigenvalue weighted by Gasteiger charge is 2.05. The Labute approximate surface area is 134 Å². The fourth-order valence-electron chi connectivity index (χ4n) is 2.61. The molecule has 1 aromatic rings. The van der Waals surface area contributed by atoms with Gasteiger partial charge in [0.25, 0.3) is 0 Å². The monoisotopic (exact) mass is 303 g/mol. The summed E-state index contributed by atoms with van der Waals surface area (Å²) in [5, 5.41) is 6.71. The van der Waals surface area contributed by atoms with Crippen molar-refractivity contribution in [2.75, 3.05) is 44.4 Å². The van der Waals surface area contributed by atoms with E-state index in [4.69, 9.17) is 0 Å². The summed E-state index contributed by atoms with van der Waals surface area (Å²) >= 11 is 0. The minimum atomic E-state index is 0.709. The Morgan fingerprint density at radius 3 is 2.73 bits per heavy atom. The van der Waals surface area contributed by atoms with Crippen LogP contribution in [0.2, 0.25) is 0 Å². The second-order valence-corrected chi connectivity index (χ2v) is 6.23. The Morgan fingerprint density at radius 1 is 1.14 bits per heavy atom. The molecule has 2 rings (SSSR count). The van der Waals surface area contributed by atoms with Crippen molar-refractivity contribution in [1.29, 1.82) is 0 Å². The maximum Gasteiger partial charge on any atom is 0.224 e. The van der Waals surface area contributed by atoms with Crippen molar-refractivity contribution in [1.82, 2.24) is 14.9 Å². The molecule has 1 aliphatic carbocycles. The number of aryl methyl sites for hydroxylation is 1. The number of hydrogen-bond donors (Lipinski definition) is 2. The molecule has 1 aromatic heterocycles. The summed E-state index contributed by atoms with van der Waals surface area (Å²) in [6, 6.07) is 2.01. The summed E-state index contributed by atoms with van der Waals surface area (Å²) < 4.78 is 0. The van der Waals surface area contributed by atoms with Crippen LogP contribution in [0.25, 0.3) is 0 Å². The fourth-order valence-corrected chi connectivity index (χ4v) is 2.61. The predicted octanol–water partition coefficient (Wildman–Crippen LogP) is 3.06. The average molecular weight is 303 g/mol. The van der Waals surface area contributed by atoms with Crippen LogP contribution in [0.1, 0.15) is 37.8 Å². The lowest BCUT2D eigenvalue weighted by atomic mass is 9.97. The van der Waals surface area contributed by atoms with Gasteiger partial charge in [-0.1, -0.05) is 11.6 Å². The van der Waals surface area contributed by atoms with E-state index in [9.17, 15) is 0 Å². The topological polar surface area (TPSA) is 53.1 Å². The minimum absolute atomic E-state index is 0.709. The number of likely N-dealkylation sites (N-methyl/N-ethyl adjacent to an activating group) is 1. The zero-order chi connectivity index (χ0) is 15.8. The van der Waals surface area contributed by atoms with Crippen LogP contribution in [0.4, 0.5) is 11.8 Å². The van der Waals surface area contributed by atoms with E-state index in [1.54, 1.807) is 5.57 Å². The number of nitrogens with one attached hydrogen (secondary N) is 2. The third-order valence-electron chi connectivity index (χ3n) is 3.83. The van der Waals surface area contributed by atoms with Crippen LogP contribution < -0.4 is 10.6 Å². The van der Waals surface area contributed by atoms with Crippen LogP contribution in [-0.2, 0) is 0 Å². The standard InChI is InChI=1S/C17H29N5/c1-14-13-16(18-10-9-15-7-5-4-6-8-15)21-17(20-14)19-11-12-22(2)3/h7,13H,4-6,8-12H2,1-3H3,(H2,18,19,20,21). The van der Waals surface area contributed by atoms with Crippen molar-refractivity contribution >= 4 is 11.8 Å². The predicted molar refractivity (Wildman–Crippen MR) is 93.5 cm³/mol. The highest BCUT2D eigenvalue weighted by atomic mass is 15.2.